The minimum Gasteiger partial charge on any atom is -0.463 e. The van der Waals surface area contributed by atoms with Crippen LogP contribution < -0.4 is 10.6 Å². The van der Waals surface area contributed by atoms with Gasteiger partial charge in [-0.25, -0.2) is 13.6 Å². The zero-order valence-electron chi connectivity index (χ0n) is 11.7. The van der Waals surface area contributed by atoms with Crippen LogP contribution in [0.25, 0.3) is 0 Å². The summed E-state index contributed by atoms with van der Waals surface area (Å²) in [5.74, 6) is -3.85. The van der Waals surface area contributed by atoms with Crippen molar-refractivity contribution in [2.45, 2.75) is 13.0 Å². The van der Waals surface area contributed by atoms with Crippen LogP contribution in [0.4, 0.5) is 8.78 Å². The van der Waals surface area contributed by atoms with E-state index in [2.05, 4.69) is 15.4 Å². The molecular formula is C14H12F2N2O3S. The number of ether oxygens (including phenoxy) is 1. The summed E-state index contributed by atoms with van der Waals surface area (Å²) in [6, 6.07) is 2.09. The Kier molecular flexibility index (Phi) is 4.51. The molecule has 0 radical (unpaired) electrons. The number of hydrogen-bond acceptors (Lipinski definition) is 4. The average molecular weight is 326 g/mol. The molecule has 0 saturated heterocycles. The lowest BCUT2D eigenvalue weighted by Crippen LogP contribution is -2.46. The van der Waals surface area contributed by atoms with Crippen LogP contribution in [0.15, 0.2) is 29.5 Å². The summed E-state index contributed by atoms with van der Waals surface area (Å²) < 4.78 is 32.4. The van der Waals surface area contributed by atoms with Crippen LogP contribution in [0.5, 0.6) is 0 Å². The number of methoxy groups -OCH3 is 1. The summed E-state index contributed by atoms with van der Waals surface area (Å²) in [7, 11) is 1.04. The fraction of sp³-hybridized carbons (Fsp3) is 0.214. The van der Waals surface area contributed by atoms with Gasteiger partial charge in [0.15, 0.2) is 5.11 Å². The molecule has 1 heterocycles. The number of allylic oxidation sites excluding steroid dienone is 1. The van der Waals surface area contributed by atoms with E-state index in [0.717, 1.165) is 19.2 Å². The molecule has 2 rings (SSSR count). The lowest BCUT2D eigenvalue weighted by molar-refractivity contribution is -0.150. The van der Waals surface area contributed by atoms with Crippen LogP contribution in [-0.4, -0.2) is 24.0 Å². The van der Waals surface area contributed by atoms with Gasteiger partial charge in [-0.2, -0.15) is 0 Å². The third-order valence-electron chi connectivity index (χ3n) is 3.17. The summed E-state index contributed by atoms with van der Waals surface area (Å²) in [5.41, 5.74) is -0.311. The third-order valence-corrected chi connectivity index (χ3v) is 3.39. The van der Waals surface area contributed by atoms with E-state index in [1.807, 2.05) is 0 Å². The van der Waals surface area contributed by atoms with Gasteiger partial charge in [-0.15, -0.1) is 0 Å². The fourth-order valence-electron chi connectivity index (χ4n) is 2.20. The van der Waals surface area contributed by atoms with Gasteiger partial charge in [0.2, 0.25) is 0 Å². The second-order valence-electron chi connectivity index (χ2n) is 4.53. The minimum absolute atomic E-state index is 0.0894. The summed E-state index contributed by atoms with van der Waals surface area (Å²) >= 11 is 4.95. The minimum atomic E-state index is -1.22. The van der Waals surface area contributed by atoms with Gasteiger partial charge in [-0.05, 0) is 31.3 Å². The van der Waals surface area contributed by atoms with Gasteiger partial charge >= 0.3 is 5.97 Å². The molecule has 8 heteroatoms. The van der Waals surface area contributed by atoms with E-state index in [4.69, 9.17) is 12.2 Å². The number of ketones is 1. The summed E-state index contributed by atoms with van der Waals surface area (Å²) in [6.45, 7) is 1.48. The van der Waals surface area contributed by atoms with E-state index >= 15 is 0 Å². The Labute approximate surface area is 130 Å². The zero-order valence-corrected chi connectivity index (χ0v) is 12.5. The smallest absolute Gasteiger partial charge is 0.379 e. The standard InChI is InChI=1S/C14H12F2N2O3S/c1-6-9(12(19)13(20)21-2)11(18-14(22)17-6)10-7(15)4-3-5-8(10)16/h3-5,11H,1-2H3,(H2,17,18,22)/t11-/m1/s1. The Hall–Kier alpha value is -2.35. The number of rotatable bonds is 3. The van der Waals surface area contributed by atoms with Crippen molar-refractivity contribution in [3.63, 3.8) is 0 Å². The molecule has 0 fully saturated rings. The van der Waals surface area contributed by atoms with E-state index in [0.29, 0.717) is 0 Å². The maximum Gasteiger partial charge on any atom is 0.379 e. The van der Waals surface area contributed by atoms with Gasteiger partial charge in [-0.1, -0.05) is 6.07 Å². The number of thiocarbonyl (C=S) groups is 1. The quantitative estimate of drug-likeness (QED) is 0.498. The first-order chi connectivity index (χ1) is 10.4. The summed E-state index contributed by atoms with van der Waals surface area (Å²) in [6.07, 6.45) is 0. The zero-order chi connectivity index (χ0) is 16.4. The molecule has 5 nitrogen and oxygen atoms in total. The lowest BCUT2D eigenvalue weighted by Gasteiger charge is -2.30. The number of carbonyl (C=O) groups excluding carboxylic acids is 2. The van der Waals surface area contributed by atoms with Gasteiger partial charge in [-0.3, -0.25) is 4.79 Å². The first kappa shape index (κ1) is 16.0. The van der Waals surface area contributed by atoms with E-state index < -0.39 is 35.0 Å². The molecule has 0 spiro atoms. The summed E-state index contributed by atoms with van der Waals surface area (Å²) in [5, 5.41) is 5.35. The van der Waals surface area contributed by atoms with E-state index in [1.165, 1.54) is 13.0 Å². The van der Waals surface area contributed by atoms with Crippen LogP contribution in [0.3, 0.4) is 0 Å². The van der Waals surface area contributed by atoms with E-state index in [9.17, 15) is 18.4 Å². The first-order valence-electron chi connectivity index (χ1n) is 6.21. The van der Waals surface area contributed by atoms with Gasteiger partial charge in [0.05, 0.1) is 24.3 Å². The van der Waals surface area contributed by atoms with Gasteiger partial charge in [0.1, 0.15) is 11.6 Å². The molecule has 0 saturated carbocycles. The fourth-order valence-corrected chi connectivity index (χ4v) is 2.47. The molecule has 1 aliphatic rings. The third kappa shape index (κ3) is 2.82. The molecule has 116 valence electrons. The Morgan fingerprint density at radius 2 is 1.86 bits per heavy atom. The number of Topliss-reactive ketones (excluding diaryl/α,β-unsaturated/α-hetero) is 1. The highest BCUT2D eigenvalue weighted by Gasteiger charge is 2.36. The number of esters is 1. The highest BCUT2D eigenvalue weighted by Crippen LogP contribution is 2.31. The number of nitrogens with one attached hydrogen (secondary N) is 2. The molecule has 2 N–H and O–H groups in total. The SMILES string of the molecule is COC(=O)C(=O)C1=C(C)NC(=S)N[C@H]1c1c(F)cccc1F. The number of hydrogen-bond donors (Lipinski definition) is 2. The predicted molar refractivity (Wildman–Crippen MR) is 77.7 cm³/mol. The highest BCUT2D eigenvalue weighted by molar-refractivity contribution is 7.80. The molecule has 0 aromatic heterocycles. The topological polar surface area (TPSA) is 67.4 Å². The van der Waals surface area contributed by atoms with Crippen molar-refractivity contribution in [1.29, 1.82) is 0 Å². The number of carbonyl (C=O) groups is 2. The maximum absolute atomic E-state index is 14.0. The maximum atomic E-state index is 14.0. The average Bonchev–Trinajstić information content (AvgIpc) is 2.45. The normalized spacial score (nSPS) is 17.6. The predicted octanol–water partition coefficient (Wildman–Crippen LogP) is 1.50. The van der Waals surface area contributed by atoms with E-state index in [1.54, 1.807) is 0 Å². The molecule has 0 aliphatic carbocycles. The summed E-state index contributed by atoms with van der Waals surface area (Å²) in [4.78, 5) is 23.7. The largest absolute Gasteiger partial charge is 0.463 e. The molecule has 0 bridgehead atoms. The molecule has 22 heavy (non-hydrogen) atoms. The van der Waals surface area contributed by atoms with Gasteiger partial charge in [0.25, 0.3) is 5.78 Å². The second kappa shape index (κ2) is 6.18. The van der Waals surface area contributed by atoms with Crippen molar-refractivity contribution in [3.8, 4) is 0 Å². The Morgan fingerprint density at radius 3 is 2.41 bits per heavy atom. The molecule has 0 unspecified atom stereocenters. The molecule has 1 aromatic rings. The molecule has 0 amide bonds. The lowest BCUT2D eigenvalue weighted by atomic mass is 9.92. The number of benzene rings is 1. The molecule has 1 aliphatic heterocycles. The second-order valence-corrected chi connectivity index (χ2v) is 4.93. The van der Waals surface area contributed by atoms with Crippen molar-refractivity contribution in [2.24, 2.45) is 0 Å². The van der Waals surface area contributed by atoms with Crippen LogP contribution in [0.2, 0.25) is 0 Å². The van der Waals surface area contributed by atoms with E-state index in [-0.39, 0.29) is 16.4 Å². The Bertz CT molecular complexity index is 683. The molecular weight excluding hydrogens is 314 g/mol. The first-order valence-corrected chi connectivity index (χ1v) is 6.62. The number of halogens is 2. The Balaban J connectivity index is 2.61. The van der Waals surface area contributed by atoms with Gasteiger partial charge < -0.3 is 15.4 Å². The van der Waals surface area contributed by atoms with Crippen molar-refractivity contribution in [2.75, 3.05) is 7.11 Å². The van der Waals surface area contributed by atoms with Crippen LogP contribution in [0, 0.1) is 11.6 Å². The van der Waals surface area contributed by atoms with Crippen molar-refractivity contribution in [1.82, 2.24) is 10.6 Å². The van der Waals surface area contributed by atoms with Crippen molar-refractivity contribution < 1.29 is 23.1 Å². The van der Waals surface area contributed by atoms with Crippen LogP contribution in [-0.2, 0) is 14.3 Å². The Morgan fingerprint density at radius 1 is 1.27 bits per heavy atom. The van der Waals surface area contributed by atoms with Crippen LogP contribution in [0.1, 0.15) is 18.5 Å². The molecule has 1 aromatic carbocycles. The monoisotopic (exact) mass is 326 g/mol. The highest BCUT2D eigenvalue weighted by atomic mass is 32.1. The van der Waals surface area contributed by atoms with Crippen molar-refractivity contribution >= 4 is 29.1 Å². The van der Waals surface area contributed by atoms with Crippen molar-refractivity contribution in [3.05, 3.63) is 46.7 Å². The molecule has 1 atom stereocenters. The van der Waals surface area contributed by atoms with Gasteiger partial charge in [0, 0.05) is 5.70 Å². The van der Waals surface area contributed by atoms with Crippen LogP contribution >= 0.6 is 12.2 Å².